The van der Waals surface area contributed by atoms with E-state index in [4.69, 9.17) is 45.3 Å². The third kappa shape index (κ3) is 10.3. The van der Waals surface area contributed by atoms with Gasteiger partial charge in [0.05, 0.1) is 36.5 Å². The van der Waals surface area contributed by atoms with Gasteiger partial charge in [-0.2, -0.15) is 0 Å². The highest BCUT2D eigenvalue weighted by Crippen LogP contribution is 2.52. The Hall–Kier alpha value is -4.26. The molecule has 0 spiro atoms. The lowest BCUT2D eigenvalue weighted by atomic mass is 9.85. The van der Waals surface area contributed by atoms with Crippen LogP contribution in [0.1, 0.15) is 73.1 Å². The maximum Gasteiger partial charge on any atom is 0.407 e. The molecule has 2 aliphatic heterocycles. The molecule has 4 N–H and O–H groups in total. The van der Waals surface area contributed by atoms with Crippen LogP contribution in [-0.4, -0.2) is 138 Å². The molecule has 1 aromatic carbocycles. The van der Waals surface area contributed by atoms with Gasteiger partial charge in [-0.1, -0.05) is 38.4 Å². The van der Waals surface area contributed by atoms with Crippen LogP contribution in [0.2, 0.25) is 5.02 Å². The second-order valence-electron chi connectivity index (χ2n) is 19.8. The Morgan fingerprint density at radius 1 is 1.05 bits per heavy atom. The summed E-state index contributed by atoms with van der Waals surface area (Å²) >= 11 is 8.61. The van der Waals surface area contributed by atoms with Gasteiger partial charge in [0.1, 0.15) is 52.8 Å². The number of hydrogen-bond acceptors (Lipinski definition) is 15. The summed E-state index contributed by atoms with van der Waals surface area (Å²) in [6.45, 7) is 16.7. The van der Waals surface area contributed by atoms with Gasteiger partial charge in [-0.3, -0.25) is 14.6 Å². The van der Waals surface area contributed by atoms with Gasteiger partial charge in [-0.05, 0) is 75.3 Å². The number of aromatic nitrogens is 2. The number of anilines is 1. The van der Waals surface area contributed by atoms with Crippen molar-refractivity contribution in [1.82, 2.24) is 30.4 Å². The molecule has 8 rings (SSSR count). The van der Waals surface area contributed by atoms with Crippen molar-refractivity contribution < 1.29 is 43.2 Å². The first-order valence-corrected chi connectivity index (χ1v) is 24.1. The number of benzene rings is 1. The average molecular weight is 939 g/mol. The molecule has 0 radical (unpaired) electrons. The van der Waals surface area contributed by atoms with Gasteiger partial charge in [-0.15, -0.1) is 17.9 Å². The zero-order valence-corrected chi connectivity index (χ0v) is 40.0. The molecule has 16 nitrogen and oxygen atoms in total. The number of rotatable bonds is 18. The summed E-state index contributed by atoms with van der Waals surface area (Å²) in [5, 5.41) is 25.2. The van der Waals surface area contributed by atoms with E-state index < -0.39 is 53.3 Å². The number of aliphatic hydroxyl groups is 1. The number of thiazole rings is 1. The van der Waals surface area contributed by atoms with E-state index in [1.165, 1.54) is 24.9 Å². The number of nitrogens with one attached hydrogen (secondary N) is 3. The Morgan fingerprint density at radius 2 is 1.82 bits per heavy atom. The average Bonchev–Trinajstić information content (AvgIpc) is 3.74. The molecular weight excluding hydrogens is 874 g/mol. The van der Waals surface area contributed by atoms with Crippen LogP contribution in [0, 0.1) is 23.2 Å². The molecule has 5 aliphatic rings. The predicted molar refractivity (Wildman–Crippen MR) is 248 cm³/mol. The molecule has 2 aromatic heterocycles. The highest BCUT2D eigenvalue weighted by atomic mass is 35.5. The number of amides is 2. The molecule has 0 bridgehead atoms. The second-order valence-corrected chi connectivity index (χ2v) is 21.0. The Balaban J connectivity index is 1.09. The van der Waals surface area contributed by atoms with Gasteiger partial charge in [-0.25, -0.2) is 19.6 Å². The molecular formula is C47H64ClN7O9S. The van der Waals surface area contributed by atoms with Crippen molar-refractivity contribution in [3.05, 3.63) is 41.3 Å². The summed E-state index contributed by atoms with van der Waals surface area (Å²) in [6.07, 6.45) is 3.36. The largest absolute Gasteiger partial charge is 0.491 e. The third-order valence-electron chi connectivity index (χ3n) is 13.7. The number of aliphatic hydroxyl groups excluding tert-OH is 1. The lowest BCUT2D eigenvalue weighted by Gasteiger charge is -2.40. The van der Waals surface area contributed by atoms with Crippen molar-refractivity contribution in [2.24, 2.45) is 23.2 Å². The summed E-state index contributed by atoms with van der Waals surface area (Å²) in [4.78, 5) is 54.9. The number of ether oxygens (including phenoxy) is 5. The van der Waals surface area contributed by atoms with E-state index in [1.54, 1.807) is 24.2 Å². The first-order valence-electron chi connectivity index (χ1n) is 22.8. The predicted octanol–water partition coefficient (Wildman–Crippen LogP) is 6.24. The minimum atomic E-state index is -1.37. The van der Waals surface area contributed by atoms with E-state index in [2.05, 4.69) is 27.4 Å². The molecule has 354 valence electrons. The van der Waals surface area contributed by atoms with Gasteiger partial charge in [0.2, 0.25) is 5.91 Å². The number of carbonyl (C=O) groups excluding carboxylic acids is 3. The van der Waals surface area contributed by atoms with Crippen molar-refractivity contribution in [2.75, 3.05) is 52.3 Å². The number of esters is 1. The van der Waals surface area contributed by atoms with Crippen LogP contribution in [0.25, 0.3) is 22.3 Å². The molecule has 3 aliphatic carbocycles. The maximum atomic E-state index is 14.5. The highest BCUT2D eigenvalue weighted by Gasteiger charge is 2.62. The minimum Gasteiger partial charge on any atom is -0.491 e. The SMILES string of the molecule is C=C[C@@H]1CC1(NC(=O)[C@@H]1CC(Oc2cc(-c3csc(NC(C)C)n3)nc3c(Cl)c(OCCN4CC[C@@H](OC)C4)ccc23)CN1C(O)[C@@H](NC(=O)O[C@@H]1C[C@@H]2C[C@@H]2C1)C(C)(C)C)C(=O)OC. The lowest BCUT2D eigenvalue weighted by molar-refractivity contribution is -0.148. The third-order valence-corrected chi connectivity index (χ3v) is 14.8. The number of pyridine rings is 1. The molecule has 4 heterocycles. The minimum absolute atomic E-state index is 0.0817. The van der Waals surface area contributed by atoms with Crippen molar-refractivity contribution in [1.29, 1.82) is 0 Å². The monoisotopic (exact) mass is 937 g/mol. The van der Waals surface area contributed by atoms with Gasteiger partial charge >= 0.3 is 12.1 Å². The first kappa shape index (κ1) is 47.2. The normalized spacial score (nSPS) is 28.4. The zero-order chi connectivity index (χ0) is 46.4. The van der Waals surface area contributed by atoms with E-state index in [-0.39, 0.29) is 37.1 Å². The second kappa shape index (κ2) is 19.2. The van der Waals surface area contributed by atoms with Crippen LogP contribution in [0.4, 0.5) is 9.93 Å². The van der Waals surface area contributed by atoms with E-state index in [0.717, 1.165) is 37.5 Å². The summed E-state index contributed by atoms with van der Waals surface area (Å²) in [5.74, 6) is 0.770. The molecule has 3 saturated carbocycles. The van der Waals surface area contributed by atoms with Gasteiger partial charge in [0.15, 0.2) is 5.13 Å². The number of nitrogens with zero attached hydrogens (tertiary/aromatic N) is 4. The van der Waals surface area contributed by atoms with E-state index in [0.29, 0.717) is 70.2 Å². The number of hydrogen-bond donors (Lipinski definition) is 4. The van der Waals surface area contributed by atoms with E-state index >= 15 is 0 Å². The summed E-state index contributed by atoms with van der Waals surface area (Å²) < 4.78 is 29.7. The Labute approximate surface area is 390 Å². The van der Waals surface area contributed by atoms with Crippen LogP contribution in [-0.2, 0) is 23.8 Å². The van der Waals surface area contributed by atoms with Crippen LogP contribution in [0.5, 0.6) is 11.5 Å². The lowest BCUT2D eigenvalue weighted by Crippen LogP contribution is -2.61. The first-order chi connectivity index (χ1) is 31.0. The summed E-state index contributed by atoms with van der Waals surface area (Å²) in [7, 11) is 3.02. The fourth-order valence-electron chi connectivity index (χ4n) is 9.85. The van der Waals surface area contributed by atoms with E-state index in [9.17, 15) is 19.5 Å². The molecule has 2 saturated heterocycles. The number of fused-ring (bicyclic) bond motifs is 2. The summed E-state index contributed by atoms with van der Waals surface area (Å²) in [5.41, 5.74) is -0.373. The molecule has 10 atom stereocenters. The standard InChI is InChI=1S/C47H64ClN7O9S/c1-9-28-21-47(28,43(58)61-8)53-41(56)35-19-31(23-55(35)42(57)40(46(4,5)6)52-45(59)64-30-17-26-16-27(26)18-30)63-37-20-33(34-24-65-44(51-34)49-25(2)3)50-39-32(37)10-11-36(38(39)48)62-15-14-54-13-12-29(22-54)60-7/h9-11,20,24-31,35,40,42,57H,1,12-19,21-23H2,2-8H3,(H,49,51)(H,52,59)(H,53,56)/t26-,27+,28-,29-,30+,31?,35+,40-,42?,47?/m1/s1. The van der Waals surface area contributed by atoms with Gasteiger partial charge in [0.25, 0.3) is 0 Å². The highest BCUT2D eigenvalue weighted by molar-refractivity contribution is 7.14. The molecule has 65 heavy (non-hydrogen) atoms. The van der Waals surface area contributed by atoms with E-state index in [1.807, 2.05) is 52.1 Å². The number of carbonyl (C=O) groups is 3. The van der Waals surface area contributed by atoms with Gasteiger partial charge < -0.3 is 44.7 Å². The van der Waals surface area contributed by atoms with Crippen LogP contribution in [0.15, 0.2) is 36.2 Å². The fourth-order valence-corrected chi connectivity index (χ4v) is 11.0. The number of alkyl carbamates (subject to hydrolysis) is 1. The topological polar surface area (TPSA) is 186 Å². The molecule has 18 heteroatoms. The van der Waals surface area contributed by atoms with Crippen molar-refractivity contribution in [3.8, 4) is 22.9 Å². The Bertz CT molecular complexity index is 2250. The summed E-state index contributed by atoms with van der Waals surface area (Å²) in [6, 6.07) is 3.79. The number of methoxy groups -OCH3 is 2. The molecule has 5 fully saturated rings. The van der Waals surface area contributed by atoms with Crippen molar-refractivity contribution >= 4 is 56.9 Å². The Morgan fingerprint density at radius 3 is 2.48 bits per heavy atom. The molecule has 3 unspecified atom stereocenters. The van der Waals surface area contributed by atoms with Gasteiger partial charge in [0, 0.05) is 68.5 Å². The zero-order valence-electron chi connectivity index (χ0n) is 38.4. The molecule has 2 amide bonds. The van der Waals surface area contributed by atoms with Crippen LogP contribution in [0.3, 0.4) is 0 Å². The van der Waals surface area contributed by atoms with Crippen molar-refractivity contribution in [3.63, 3.8) is 0 Å². The Kier molecular flexibility index (Phi) is 13.9. The number of halogens is 1. The van der Waals surface area contributed by atoms with Crippen LogP contribution >= 0.6 is 22.9 Å². The smallest absolute Gasteiger partial charge is 0.407 e. The fraction of sp³-hybridized carbons (Fsp3) is 0.638. The van der Waals surface area contributed by atoms with Crippen LogP contribution < -0.4 is 25.4 Å². The van der Waals surface area contributed by atoms with Crippen molar-refractivity contribution in [2.45, 2.75) is 121 Å². The number of likely N-dealkylation sites (tertiary alicyclic amines) is 2. The quantitative estimate of drug-likeness (QED) is 0.0829. The molecule has 3 aromatic rings. The maximum absolute atomic E-state index is 14.5.